The third kappa shape index (κ3) is 3.68. The molecule has 23 heavy (non-hydrogen) atoms. The van der Waals surface area contributed by atoms with Gasteiger partial charge in [0.2, 0.25) is 0 Å². The van der Waals surface area contributed by atoms with Crippen LogP contribution in [0.3, 0.4) is 0 Å². The van der Waals surface area contributed by atoms with Crippen LogP contribution < -0.4 is 10.3 Å². The number of ether oxygens (including phenoxy) is 1. The fourth-order valence-corrected chi connectivity index (χ4v) is 3.01. The predicted molar refractivity (Wildman–Crippen MR) is 92.6 cm³/mol. The van der Waals surface area contributed by atoms with Gasteiger partial charge in [-0.3, -0.25) is 14.3 Å². The summed E-state index contributed by atoms with van der Waals surface area (Å²) in [5.74, 6) is 0.583. The summed E-state index contributed by atoms with van der Waals surface area (Å²) in [6.45, 7) is 4.58. The van der Waals surface area contributed by atoms with Gasteiger partial charge in [-0.1, -0.05) is 6.92 Å². The first-order valence-corrected chi connectivity index (χ1v) is 8.38. The molecule has 0 spiro atoms. The molecule has 0 aliphatic heterocycles. The van der Waals surface area contributed by atoms with Gasteiger partial charge in [-0.05, 0) is 43.0 Å². The summed E-state index contributed by atoms with van der Waals surface area (Å²) in [6.07, 6.45) is 4.30. The van der Waals surface area contributed by atoms with Crippen LogP contribution in [0.4, 0.5) is 0 Å². The van der Waals surface area contributed by atoms with Crippen LogP contribution in [0.1, 0.15) is 23.1 Å². The van der Waals surface area contributed by atoms with Gasteiger partial charge in [0, 0.05) is 34.6 Å². The second-order valence-corrected chi connectivity index (χ2v) is 6.40. The van der Waals surface area contributed by atoms with Crippen molar-refractivity contribution in [1.29, 1.82) is 0 Å². The Bertz CT molecular complexity index is 867. The van der Waals surface area contributed by atoms with Crippen molar-refractivity contribution < 1.29 is 4.74 Å². The Morgan fingerprint density at radius 1 is 1.26 bits per heavy atom. The molecule has 0 unspecified atom stereocenters. The van der Waals surface area contributed by atoms with Crippen molar-refractivity contribution in [3.63, 3.8) is 0 Å². The molecule has 5 heteroatoms. The Kier molecular flexibility index (Phi) is 4.57. The van der Waals surface area contributed by atoms with Gasteiger partial charge in [0.05, 0.1) is 5.69 Å². The molecule has 3 aromatic heterocycles. The Labute approximate surface area is 139 Å². The summed E-state index contributed by atoms with van der Waals surface area (Å²) in [4.78, 5) is 17.8. The summed E-state index contributed by atoms with van der Waals surface area (Å²) in [5.41, 5.74) is 2.79. The third-order valence-electron chi connectivity index (χ3n) is 3.52. The Morgan fingerprint density at radius 3 is 2.83 bits per heavy atom. The molecule has 0 radical (unpaired) electrons. The predicted octanol–water partition coefficient (Wildman–Crippen LogP) is 3.74. The molecule has 0 fully saturated rings. The highest BCUT2D eigenvalue weighted by atomic mass is 32.1. The lowest BCUT2D eigenvalue weighted by molar-refractivity contribution is 0.305. The number of thiophene rings is 1. The maximum atomic E-state index is 12.3. The molecule has 0 saturated heterocycles. The molecule has 0 amide bonds. The fourth-order valence-electron chi connectivity index (χ4n) is 2.31. The summed E-state index contributed by atoms with van der Waals surface area (Å²) in [5, 5.41) is 2.07. The van der Waals surface area contributed by atoms with E-state index < -0.39 is 0 Å². The molecule has 0 aliphatic rings. The van der Waals surface area contributed by atoms with Crippen molar-refractivity contribution in [1.82, 2.24) is 9.55 Å². The lowest BCUT2D eigenvalue weighted by Crippen LogP contribution is -2.17. The highest BCUT2D eigenvalue weighted by Crippen LogP contribution is 2.16. The number of pyridine rings is 2. The molecule has 3 aromatic rings. The first kappa shape index (κ1) is 15.5. The molecule has 0 aliphatic carbocycles. The molecule has 0 aromatic carbocycles. The minimum Gasteiger partial charge on any atom is -0.489 e. The monoisotopic (exact) mass is 326 g/mol. The molecule has 3 rings (SSSR count). The Balaban J connectivity index is 1.78. The molecule has 118 valence electrons. The van der Waals surface area contributed by atoms with Gasteiger partial charge in [0.15, 0.2) is 0 Å². The largest absolute Gasteiger partial charge is 0.489 e. The van der Waals surface area contributed by atoms with E-state index in [-0.39, 0.29) is 5.56 Å². The van der Waals surface area contributed by atoms with Crippen molar-refractivity contribution in [2.45, 2.75) is 26.9 Å². The molecular weight excluding hydrogens is 308 g/mol. The van der Waals surface area contributed by atoms with Crippen LogP contribution in [0, 0.1) is 6.92 Å². The molecule has 0 bridgehead atoms. The van der Waals surface area contributed by atoms with Crippen molar-refractivity contribution in [3.05, 3.63) is 74.6 Å². The minimum atomic E-state index is -0.114. The van der Waals surface area contributed by atoms with Crippen LogP contribution in [0.2, 0.25) is 0 Å². The maximum absolute atomic E-state index is 12.3. The Hall–Kier alpha value is -2.40. The van der Waals surface area contributed by atoms with E-state index in [1.165, 1.54) is 10.9 Å². The van der Waals surface area contributed by atoms with Gasteiger partial charge in [0.1, 0.15) is 12.4 Å². The van der Waals surface area contributed by atoms with E-state index in [1.54, 1.807) is 28.3 Å². The number of hydrogen-bond donors (Lipinski definition) is 0. The standard InChI is InChI=1S/C18H18N2O2S/c1-3-15-9-16(4-6-19-15)20-7-5-17(10-18(20)21)22-11-14-8-13(2)23-12-14/h4-10,12H,3,11H2,1-2H3. The molecule has 0 atom stereocenters. The lowest BCUT2D eigenvalue weighted by Gasteiger charge is -2.09. The van der Waals surface area contributed by atoms with Crippen molar-refractivity contribution >= 4 is 11.3 Å². The number of hydrogen-bond acceptors (Lipinski definition) is 4. The molecule has 0 saturated carbocycles. The van der Waals surface area contributed by atoms with E-state index in [1.807, 2.05) is 25.1 Å². The number of rotatable bonds is 5. The second-order valence-electron chi connectivity index (χ2n) is 5.28. The van der Waals surface area contributed by atoms with Gasteiger partial charge in [0.25, 0.3) is 5.56 Å². The van der Waals surface area contributed by atoms with Crippen molar-refractivity contribution in [2.75, 3.05) is 0 Å². The smallest absolute Gasteiger partial charge is 0.258 e. The van der Waals surface area contributed by atoms with Crippen LogP contribution in [0.15, 0.2) is 52.9 Å². The normalized spacial score (nSPS) is 10.7. The zero-order valence-electron chi connectivity index (χ0n) is 13.2. The summed E-state index contributed by atoms with van der Waals surface area (Å²) in [6, 6.07) is 9.18. The highest BCUT2D eigenvalue weighted by Gasteiger charge is 2.04. The van der Waals surface area contributed by atoms with Gasteiger partial charge in [-0.25, -0.2) is 0 Å². The number of aromatic nitrogens is 2. The third-order valence-corrected chi connectivity index (χ3v) is 4.43. The highest BCUT2D eigenvalue weighted by molar-refractivity contribution is 7.10. The van der Waals surface area contributed by atoms with E-state index >= 15 is 0 Å². The average Bonchev–Trinajstić information content (AvgIpc) is 2.98. The second kappa shape index (κ2) is 6.79. The van der Waals surface area contributed by atoms with E-state index in [9.17, 15) is 4.79 Å². The van der Waals surface area contributed by atoms with Gasteiger partial charge >= 0.3 is 0 Å². The first-order chi connectivity index (χ1) is 11.2. The van der Waals surface area contributed by atoms with Crippen LogP contribution >= 0.6 is 11.3 Å². The molecule has 0 N–H and O–H groups in total. The van der Waals surface area contributed by atoms with E-state index in [4.69, 9.17) is 4.74 Å². The van der Waals surface area contributed by atoms with Crippen molar-refractivity contribution in [3.8, 4) is 11.4 Å². The van der Waals surface area contributed by atoms with Crippen molar-refractivity contribution in [2.24, 2.45) is 0 Å². The molecular formula is C18H18N2O2S. The van der Waals surface area contributed by atoms with Gasteiger partial charge in [-0.15, -0.1) is 11.3 Å². The average molecular weight is 326 g/mol. The van der Waals surface area contributed by atoms with Gasteiger partial charge < -0.3 is 4.74 Å². The zero-order valence-corrected chi connectivity index (χ0v) is 14.0. The van der Waals surface area contributed by atoms with E-state index in [2.05, 4.69) is 23.4 Å². The first-order valence-electron chi connectivity index (χ1n) is 7.50. The molecule has 3 heterocycles. The maximum Gasteiger partial charge on any atom is 0.258 e. The van der Waals surface area contributed by atoms with Crippen LogP contribution in [-0.2, 0) is 13.0 Å². The SMILES string of the molecule is CCc1cc(-n2ccc(OCc3csc(C)c3)cc2=O)ccn1. The lowest BCUT2D eigenvalue weighted by atomic mass is 10.2. The summed E-state index contributed by atoms with van der Waals surface area (Å²) < 4.78 is 7.30. The number of aryl methyl sites for hydroxylation is 2. The van der Waals surface area contributed by atoms with Crippen LogP contribution in [0.5, 0.6) is 5.75 Å². The van der Waals surface area contributed by atoms with E-state index in [0.717, 1.165) is 23.4 Å². The Morgan fingerprint density at radius 2 is 2.13 bits per heavy atom. The summed E-state index contributed by atoms with van der Waals surface area (Å²) in [7, 11) is 0. The minimum absolute atomic E-state index is 0.114. The van der Waals surface area contributed by atoms with Gasteiger partial charge in [-0.2, -0.15) is 0 Å². The van der Waals surface area contributed by atoms with E-state index in [0.29, 0.717) is 12.4 Å². The fraction of sp³-hybridized carbons (Fsp3) is 0.222. The topological polar surface area (TPSA) is 44.1 Å². The summed E-state index contributed by atoms with van der Waals surface area (Å²) >= 11 is 1.69. The van der Waals surface area contributed by atoms with Crippen LogP contribution in [0.25, 0.3) is 5.69 Å². The number of nitrogens with zero attached hydrogens (tertiary/aromatic N) is 2. The quantitative estimate of drug-likeness (QED) is 0.717. The molecule has 4 nitrogen and oxygen atoms in total. The zero-order chi connectivity index (χ0) is 16.2. The van der Waals surface area contributed by atoms with Crippen LogP contribution in [-0.4, -0.2) is 9.55 Å².